The van der Waals surface area contributed by atoms with Gasteiger partial charge in [0.1, 0.15) is 0 Å². The summed E-state index contributed by atoms with van der Waals surface area (Å²) in [4.78, 5) is 28.5. The second-order valence-electron chi connectivity index (χ2n) is 7.25. The minimum absolute atomic E-state index is 0.0438. The second-order valence-corrected chi connectivity index (χ2v) is 7.25. The summed E-state index contributed by atoms with van der Waals surface area (Å²) >= 11 is 0. The van der Waals surface area contributed by atoms with Crippen LogP contribution in [-0.2, 0) is 11.3 Å². The van der Waals surface area contributed by atoms with Gasteiger partial charge in [-0.15, -0.1) is 0 Å². The van der Waals surface area contributed by atoms with Gasteiger partial charge in [0.25, 0.3) is 5.91 Å². The predicted molar refractivity (Wildman–Crippen MR) is 98.3 cm³/mol. The Labute approximate surface area is 150 Å². The van der Waals surface area contributed by atoms with Crippen molar-refractivity contribution in [1.82, 2.24) is 15.1 Å². The van der Waals surface area contributed by atoms with Crippen molar-refractivity contribution in [3.05, 3.63) is 35.4 Å². The molecule has 5 heteroatoms. The molecular weight excluding hydrogens is 314 g/mol. The van der Waals surface area contributed by atoms with Crippen molar-refractivity contribution in [2.75, 3.05) is 26.2 Å². The molecule has 1 aromatic rings. The molecule has 1 atom stereocenters. The van der Waals surface area contributed by atoms with E-state index in [4.69, 9.17) is 0 Å². The Morgan fingerprint density at radius 2 is 1.72 bits per heavy atom. The molecule has 0 bridgehead atoms. The molecule has 0 radical (unpaired) electrons. The first-order valence-electron chi connectivity index (χ1n) is 9.50. The number of nitrogens with one attached hydrogen (secondary N) is 1. The summed E-state index contributed by atoms with van der Waals surface area (Å²) < 4.78 is 0. The molecule has 2 fully saturated rings. The van der Waals surface area contributed by atoms with Crippen LogP contribution in [0.25, 0.3) is 0 Å². The Hall–Kier alpha value is -1.88. The maximum absolute atomic E-state index is 12.9. The van der Waals surface area contributed by atoms with Gasteiger partial charge in [0.15, 0.2) is 0 Å². The lowest BCUT2D eigenvalue weighted by atomic mass is 10.1. The Balaban J connectivity index is 1.63. The number of amides is 2. The van der Waals surface area contributed by atoms with Gasteiger partial charge in [-0.25, -0.2) is 0 Å². The van der Waals surface area contributed by atoms with Crippen molar-refractivity contribution in [1.29, 1.82) is 0 Å². The molecule has 1 unspecified atom stereocenters. The van der Waals surface area contributed by atoms with E-state index < -0.39 is 0 Å². The van der Waals surface area contributed by atoms with E-state index >= 15 is 0 Å². The topological polar surface area (TPSA) is 52.7 Å². The second kappa shape index (κ2) is 8.48. The zero-order chi connectivity index (χ0) is 17.6. The van der Waals surface area contributed by atoms with Gasteiger partial charge in [0, 0.05) is 38.2 Å². The molecular formula is C20H29N3O2. The monoisotopic (exact) mass is 343 g/mol. The largest absolute Gasteiger partial charge is 0.352 e. The standard InChI is InChI=1S/C20H29N3O2/c1-16(24)21-14-17-7-9-18(10-8-17)20(25)23-13-3-2-6-19(15-23)22-11-4-5-12-22/h7-10,19H,2-6,11-15H2,1H3,(H,21,24). The van der Waals surface area contributed by atoms with Crippen LogP contribution in [0.3, 0.4) is 0 Å². The molecule has 25 heavy (non-hydrogen) atoms. The summed E-state index contributed by atoms with van der Waals surface area (Å²) in [5.74, 6) is 0.0925. The average Bonchev–Trinajstić information content (AvgIpc) is 3.04. The Kier molecular flexibility index (Phi) is 6.08. The van der Waals surface area contributed by atoms with Crippen molar-refractivity contribution in [2.24, 2.45) is 0 Å². The van der Waals surface area contributed by atoms with Gasteiger partial charge in [0.05, 0.1) is 0 Å². The fourth-order valence-corrected chi connectivity index (χ4v) is 3.88. The van der Waals surface area contributed by atoms with Crippen LogP contribution in [0.1, 0.15) is 54.9 Å². The highest BCUT2D eigenvalue weighted by molar-refractivity contribution is 5.94. The number of carbonyl (C=O) groups is 2. The van der Waals surface area contributed by atoms with Crippen LogP contribution in [0.2, 0.25) is 0 Å². The average molecular weight is 343 g/mol. The molecule has 1 aromatic carbocycles. The number of hydrogen-bond acceptors (Lipinski definition) is 3. The van der Waals surface area contributed by atoms with Crippen LogP contribution in [0.15, 0.2) is 24.3 Å². The number of hydrogen-bond donors (Lipinski definition) is 1. The highest BCUT2D eigenvalue weighted by Gasteiger charge is 2.28. The molecule has 2 saturated heterocycles. The Morgan fingerprint density at radius 1 is 1.04 bits per heavy atom. The van der Waals surface area contributed by atoms with Gasteiger partial charge in [0.2, 0.25) is 5.91 Å². The van der Waals surface area contributed by atoms with Gasteiger partial charge in [-0.05, 0) is 56.5 Å². The predicted octanol–water partition coefficient (Wildman–Crippen LogP) is 2.41. The molecule has 136 valence electrons. The van der Waals surface area contributed by atoms with Crippen LogP contribution < -0.4 is 5.32 Å². The van der Waals surface area contributed by atoms with Crippen LogP contribution in [-0.4, -0.2) is 53.8 Å². The van der Waals surface area contributed by atoms with Crippen LogP contribution in [0.5, 0.6) is 0 Å². The SMILES string of the molecule is CC(=O)NCc1ccc(C(=O)N2CCCCC(N3CCCC3)C2)cc1. The Morgan fingerprint density at radius 3 is 2.40 bits per heavy atom. The minimum Gasteiger partial charge on any atom is -0.352 e. The third-order valence-electron chi connectivity index (χ3n) is 5.33. The fourth-order valence-electron chi connectivity index (χ4n) is 3.88. The molecule has 1 N–H and O–H groups in total. The zero-order valence-electron chi connectivity index (χ0n) is 15.2. The third-order valence-corrected chi connectivity index (χ3v) is 5.33. The van der Waals surface area contributed by atoms with E-state index in [0.717, 1.165) is 30.6 Å². The number of benzene rings is 1. The van der Waals surface area contributed by atoms with E-state index in [1.165, 1.54) is 45.7 Å². The van der Waals surface area contributed by atoms with E-state index in [0.29, 0.717) is 12.6 Å². The maximum Gasteiger partial charge on any atom is 0.253 e. The number of rotatable bonds is 4. The first-order valence-corrected chi connectivity index (χ1v) is 9.50. The van der Waals surface area contributed by atoms with Crippen molar-refractivity contribution in [3.63, 3.8) is 0 Å². The van der Waals surface area contributed by atoms with Crippen LogP contribution in [0.4, 0.5) is 0 Å². The number of likely N-dealkylation sites (tertiary alicyclic amines) is 2. The fraction of sp³-hybridized carbons (Fsp3) is 0.600. The Bertz CT molecular complexity index is 593. The summed E-state index contributed by atoms with van der Waals surface area (Å²) in [7, 11) is 0. The first-order chi connectivity index (χ1) is 12.1. The van der Waals surface area contributed by atoms with Gasteiger partial charge >= 0.3 is 0 Å². The lowest BCUT2D eigenvalue weighted by molar-refractivity contribution is -0.119. The molecule has 0 aliphatic carbocycles. The molecule has 0 saturated carbocycles. The van der Waals surface area contributed by atoms with Crippen molar-refractivity contribution < 1.29 is 9.59 Å². The molecule has 5 nitrogen and oxygen atoms in total. The third kappa shape index (κ3) is 4.82. The number of carbonyl (C=O) groups excluding carboxylic acids is 2. The van der Waals surface area contributed by atoms with E-state index in [-0.39, 0.29) is 11.8 Å². The zero-order valence-corrected chi connectivity index (χ0v) is 15.2. The van der Waals surface area contributed by atoms with Crippen LogP contribution in [0, 0.1) is 0 Å². The highest BCUT2D eigenvalue weighted by atomic mass is 16.2. The van der Waals surface area contributed by atoms with Crippen molar-refractivity contribution in [2.45, 2.75) is 51.6 Å². The first kappa shape index (κ1) is 17.9. The molecule has 2 amide bonds. The lowest BCUT2D eigenvalue weighted by Gasteiger charge is -2.30. The van der Waals surface area contributed by atoms with Crippen molar-refractivity contribution in [3.8, 4) is 0 Å². The van der Waals surface area contributed by atoms with E-state index in [2.05, 4.69) is 10.2 Å². The summed E-state index contributed by atoms with van der Waals surface area (Å²) in [5, 5.41) is 2.78. The molecule has 2 aliphatic rings. The van der Waals surface area contributed by atoms with E-state index in [1.54, 1.807) is 0 Å². The molecule has 3 rings (SSSR count). The van der Waals surface area contributed by atoms with Crippen molar-refractivity contribution >= 4 is 11.8 Å². The van der Waals surface area contributed by atoms with Gasteiger partial charge < -0.3 is 10.2 Å². The normalized spacial score (nSPS) is 21.8. The summed E-state index contributed by atoms with van der Waals surface area (Å²) in [5.41, 5.74) is 1.76. The molecule has 0 spiro atoms. The quantitative estimate of drug-likeness (QED) is 0.913. The van der Waals surface area contributed by atoms with Gasteiger partial charge in [-0.1, -0.05) is 18.6 Å². The maximum atomic E-state index is 12.9. The highest BCUT2D eigenvalue weighted by Crippen LogP contribution is 2.21. The summed E-state index contributed by atoms with van der Waals surface area (Å²) in [6, 6.07) is 8.15. The van der Waals surface area contributed by atoms with Crippen LogP contribution >= 0.6 is 0 Å². The summed E-state index contributed by atoms with van der Waals surface area (Å²) in [6.07, 6.45) is 6.09. The molecule has 2 aliphatic heterocycles. The van der Waals surface area contributed by atoms with Gasteiger partial charge in [-0.2, -0.15) is 0 Å². The van der Waals surface area contributed by atoms with E-state index in [1.807, 2.05) is 29.2 Å². The molecule has 2 heterocycles. The lowest BCUT2D eigenvalue weighted by Crippen LogP contribution is -2.43. The summed E-state index contributed by atoms with van der Waals surface area (Å²) in [6.45, 7) is 6.09. The van der Waals surface area contributed by atoms with Gasteiger partial charge in [-0.3, -0.25) is 14.5 Å². The molecule has 0 aromatic heterocycles. The minimum atomic E-state index is -0.0438. The van der Waals surface area contributed by atoms with E-state index in [9.17, 15) is 9.59 Å². The number of nitrogens with zero attached hydrogens (tertiary/aromatic N) is 2. The smallest absolute Gasteiger partial charge is 0.253 e.